The van der Waals surface area contributed by atoms with Crippen LogP contribution in [0.4, 0.5) is 4.39 Å². The van der Waals surface area contributed by atoms with Gasteiger partial charge >= 0.3 is 5.69 Å². The van der Waals surface area contributed by atoms with Crippen LogP contribution in [0.2, 0.25) is 0 Å². The predicted octanol–water partition coefficient (Wildman–Crippen LogP) is 7.30. The van der Waals surface area contributed by atoms with Crippen molar-refractivity contribution in [2.24, 2.45) is 0 Å². The molecule has 1 fully saturated rings. The van der Waals surface area contributed by atoms with Crippen LogP contribution >= 0.6 is 8.53 Å². The van der Waals surface area contributed by atoms with E-state index in [1.165, 1.54) is 38.5 Å². The summed E-state index contributed by atoms with van der Waals surface area (Å²) in [6.45, 7) is 8.45. The summed E-state index contributed by atoms with van der Waals surface area (Å²) in [4.78, 5) is 26.8. The lowest BCUT2D eigenvalue weighted by molar-refractivity contribution is -0.203. The summed E-state index contributed by atoms with van der Waals surface area (Å²) in [5.74, 6) is -1.30. The van der Waals surface area contributed by atoms with Gasteiger partial charge in [0, 0.05) is 24.9 Å². The molecule has 46 heavy (non-hydrogen) atoms. The number of hydrogen-bond acceptors (Lipinski definition) is 9. The maximum Gasteiger partial charge on any atom is 0.331 e. The Balaban J connectivity index is 1.60. The van der Waals surface area contributed by atoms with Gasteiger partial charge in [-0.05, 0) is 40.5 Å². The molecule has 3 atom stereocenters. The number of aromatic amines is 1. The maximum atomic E-state index is 14.5. The number of aromatic nitrogens is 2. The lowest BCUT2D eigenvalue weighted by Crippen LogP contribution is -2.39. The van der Waals surface area contributed by atoms with Gasteiger partial charge in [0.25, 0.3) is 19.9 Å². The number of rotatable bonds is 10. The molecule has 0 radical (unpaired) electrons. The molecule has 1 aromatic heterocycles. The standard InChI is InChI=1S/C33H52FN4O7P/c1-24(2)38(25(3)4)46(41-21-17-20-35)42-23-27-28-29(31(43-27)37-22-26(34)30(39)36-32(37)40)45-33(44-28)18-15-13-11-9-7-5-6-8-10-12-14-16-19-33/h22,24-25,27,31H,5-19,21,23H2,1-4H3,(H,36,39,40)/t27-,31-,46?/m1/s1. The van der Waals surface area contributed by atoms with E-state index in [0.717, 1.165) is 49.3 Å². The first-order valence-corrected chi connectivity index (χ1v) is 18.3. The quantitative estimate of drug-likeness (QED) is 0.202. The molecule has 0 aromatic carbocycles. The Kier molecular flexibility index (Phi) is 14.1. The molecule has 2 aliphatic heterocycles. The van der Waals surface area contributed by atoms with Crippen molar-refractivity contribution in [3.05, 3.63) is 44.4 Å². The Hall–Kier alpha value is -2.29. The first-order valence-electron chi connectivity index (χ1n) is 17.2. The Morgan fingerprint density at radius 1 is 0.957 bits per heavy atom. The zero-order chi connectivity index (χ0) is 33.1. The summed E-state index contributed by atoms with van der Waals surface area (Å²) >= 11 is 0. The topological polar surface area (TPSA) is 128 Å². The minimum absolute atomic E-state index is 0.0174. The van der Waals surface area contributed by atoms with Crippen LogP contribution in [0.25, 0.3) is 0 Å². The average molecular weight is 667 g/mol. The molecule has 1 N–H and O–H groups in total. The van der Waals surface area contributed by atoms with Gasteiger partial charge in [0.05, 0.1) is 31.9 Å². The highest BCUT2D eigenvalue weighted by Crippen LogP contribution is 2.51. The van der Waals surface area contributed by atoms with Crippen molar-refractivity contribution in [1.82, 2.24) is 14.2 Å². The van der Waals surface area contributed by atoms with Crippen molar-refractivity contribution in [2.75, 3.05) is 13.2 Å². The molecule has 3 heterocycles. The Labute approximate surface area is 273 Å². The zero-order valence-corrected chi connectivity index (χ0v) is 28.8. The lowest BCUT2D eigenvalue weighted by atomic mass is 9.99. The fourth-order valence-corrected chi connectivity index (χ4v) is 8.08. The van der Waals surface area contributed by atoms with Gasteiger partial charge in [0.2, 0.25) is 12.0 Å². The summed E-state index contributed by atoms with van der Waals surface area (Å²) < 4.78 is 49.7. The number of nitriles is 1. The predicted molar refractivity (Wildman–Crippen MR) is 173 cm³/mol. The van der Waals surface area contributed by atoms with Crippen LogP contribution < -0.4 is 11.2 Å². The molecule has 0 saturated heterocycles. The molecular formula is C33H52FN4O7P. The third-order valence-electron chi connectivity index (χ3n) is 8.69. The second-order valence-corrected chi connectivity index (χ2v) is 14.5. The van der Waals surface area contributed by atoms with E-state index >= 15 is 0 Å². The van der Waals surface area contributed by atoms with Gasteiger partial charge in [-0.3, -0.25) is 14.3 Å². The molecule has 1 saturated carbocycles. The Morgan fingerprint density at radius 3 is 2.04 bits per heavy atom. The van der Waals surface area contributed by atoms with Crippen molar-refractivity contribution in [3.8, 4) is 6.07 Å². The molecule has 1 aromatic rings. The Bertz CT molecular complexity index is 1290. The SMILES string of the molecule is CC(C)N(C(C)C)P(OCCC#N)OC[C@H]1O[C@@H](n2cc(F)c(=O)[nH]c2=O)C2=C1OC1(CCCCCCCCCCCCCC1)O2. The summed E-state index contributed by atoms with van der Waals surface area (Å²) in [7, 11) is -1.58. The molecular weight excluding hydrogens is 614 g/mol. The zero-order valence-electron chi connectivity index (χ0n) is 27.9. The van der Waals surface area contributed by atoms with E-state index in [9.17, 15) is 14.0 Å². The molecule has 0 amide bonds. The second-order valence-electron chi connectivity index (χ2n) is 13.0. The molecule has 0 bridgehead atoms. The molecule has 11 nitrogen and oxygen atoms in total. The van der Waals surface area contributed by atoms with Gasteiger partial charge in [-0.25, -0.2) is 9.46 Å². The highest BCUT2D eigenvalue weighted by atomic mass is 31.2. The summed E-state index contributed by atoms with van der Waals surface area (Å²) in [5.41, 5.74) is -1.91. The van der Waals surface area contributed by atoms with Crippen molar-refractivity contribution in [1.29, 1.82) is 5.26 Å². The van der Waals surface area contributed by atoms with Crippen LogP contribution in [-0.2, 0) is 23.3 Å². The monoisotopic (exact) mass is 666 g/mol. The highest BCUT2D eigenvalue weighted by molar-refractivity contribution is 7.44. The fraction of sp³-hybridized carbons (Fsp3) is 0.788. The second kappa shape index (κ2) is 17.7. The lowest BCUT2D eigenvalue weighted by Gasteiger charge is -2.36. The van der Waals surface area contributed by atoms with Crippen LogP contribution in [0.1, 0.15) is 130 Å². The summed E-state index contributed by atoms with van der Waals surface area (Å²) in [6.07, 6.45) is 14.4. The van der Waals surface area contributed by atoms with Crippen LogP contribution in [0.3, 0.4) is 0 Å². The van der Waals surface area contributed by atoms with Crippen LogP contribution in [-0.4, -0.2) is 51.4 Å². The van der Waals surface area contributed by atoms with Gasteiger partial charge in [-0.2, -0.15) is 9.65 Å². The Morgan fingerprint density at radius 2 is 1.50 bits per heavy atom. The van der Waals surface area contributed by atoms with Gasteiger partial charge in [-0.1, -0.05) is 64.2 Å². The minimum atomic E-state index is -1.58. The largest absolute Gasteiger partial charge is 0.450 e. The van der Waals surface area contributed by atoms with E-state index in [4.69, 9.17) is 28.5 Å². The van der Waals surface area contributed by atoms with E-state index in [2.05, 4.69) is 38.4 Å². The molecule has 4 rings (SSSR count). The van der Waals surface area contributed by atoms with E-state index in [-0.39, 0.29) is 31.7 Å². The minimum Gasteiger partial charge on any atom is -0.450 e. The fourth-order valence-electron chi connectivity index (χ4n) is 6.47. The number of ether oxygens (including phenoxy) is 3. The molecule has 3 aliphatic rings. The van der Waals surface area contributed by atoms with Crippen molar-refractivity contribution in [2.45, 2.75) is 154 Å². The normalized spacial score (nSPS) is 23.5. The smallest absolute Gasteiger partial charge is 0.331 e. The van der Waals surface area contributed by atoms with Gasteiger partial charge in [0.15, 0.2) is 11.5 Å². The van der Waals surface area contributed by atoms with Crippen LogP contribution in [0, 0.1) is 17.1 Å². The molecule has 1 aliphatic carbocycles. The van der Waals surface area contributed by atoms with E-state index in [0.29, 0.717) is 24.4 Å². The summed E-state index contributed by atoms with van der Waals surface area (Å²) in [5, 5.41) is 9.09. The molecule has 13 heteroatoms. The van der Waals surface area contributed by atoms with Crippen molar-refractivity contribution < 1.29 is 27.6 Å². The number of halogens is 1. The number of hydrogen-bond donors (Lipinski definition) is 1. The molecule has 258 valence electrons. The molecule has 1 unspecified atom stereocenters. The van der Waals surface area contributed by atoms with Crippen molar-refractivity contribution >= 4 is 8.53 Å². The summed E-state index contributed by atoms with van der Waals surface area (Å²) in [6, 6.07) is 2.31. The van der Waals surface area contributed by atoms with E-state index < -0.39 is 43.7 Å². The number of nitrogens with zero attached hydrogens (tertiary/aromatic N) is 3. The average Bonchev–Trinajstić information content (AvgIpc) is 3.53. The third-order valence-corrected chi connectivity index (χ3v) is 10.8. The first-order chi connectivity index (χ1) is 22.2. The molecule has 1 spiro atoms. The van der Waals surface area contributed by atoms with Crippen molar-refractivity contribution in [3.63, 3.8) is 0 Å². The van der Waals surface area contributed by atoms with Crippen LogP contribution in [0.15, 0.2) is 27.3 Å². The highest BCUT2D eigenvalue weighted by Gasteiger charge is 2.52. The van der Waals surface area contributed by atoms with Crippen LogP contribution in [0.5, 0.6) is 0 Å². The van der Waals surface area contributed by atoms with E-state index in [1.54, 1.807) is 0 Å². The van der Waals surface area contributed by atoms with Gasteiger partial charge in [0.1, 0.15) is 6.10 Å². The maximum absolute atomic E-state index is 14.5. The van der Waals surface area contributed by atoms with E-state index in [1.807, 2.05) is 4.98 Å². The third kappa shape index (κ3) is 9.63. The first kappa shape index (κ1) is 36.5. The van der Waals surface area contributed by atoms with Gasteiger partial charge < -0.3 is 23.3 Å². The number of nitrogens with one attached hydrogen (secondary N) is 1. The number of H-pyrrole nitrogens is 1. The van der Waals surface area contributed by atoms with Gasteiger partial charge in [-0.15, -0.1) is 0 Å².